The molecule has 1 aliphatic rings. The van der Waals surface area contributed by atoms with Gasteiger partial charge in [0.25, 0.3) is 5.91 Å². The number of nitrogens with one attached hydrogen (secondary N) is 1. The molecule has 6 nitrogen and oxygen atoms in total. The van der Waals surface area contributed by atoms with E-state index in [1.807, 2.05) is 13.2 Å². The van der Waals surface area contributed by atoms with Crippen LogP contribution in [0.5, 0.6) is 0 Å². The van der Waals surface area contributed by atoms with Gasteiger partial charge in [0.2, 0.25) is 0 Å². The van der Waals surface area contributed by atoms with Gasteiger partial charge in [0.1, 0.15) is 10.7 Å². The number of thiazole rings is 1. The third-order valence-electron chi connectivity index (χ3n) is 3.26. The number of hydrogen-bond donors (Lipinski definition) is 1. The number of aryl methyl sites for hydroxylation is 1. The highest BCUT2D eigenvalue weighted by atomic mass is 32.1. The summed E-state index contributed by atoms with van der Waals surface area (Å²) in [6, 6.07) is 0. The fraction of sp³-hybridized carbons (Fsp3) is 0.462. The fourth-order valence-electron chi connectivity index (χ4n) is 2.11. The van der Waals surface area contributed by atoms with Gasteiger partial charge in [-0.05, 0) is 6.42 Å². The Balaban J connectivity index is 1.62. The Bertz CT molecular complexity index is 601. The first-order valence-corrected chi connectivity index (χ1v) is 7.41. The summed E-state index contributed by atoms with van der Waals surface area (Å²) >= 11 is 1.45. The van der Waals surface area contributed by atoms with Gasteiger partial charge >= 0.3 is 0 Å². The molecular weight excluding hydrogens is 276 g/mol. The summed E-state index contributed by atoms with van der Waals surface area (Å²) in [5.41, 5.74) is 1.40. The summed E-state index contributed by atoms with van der Waals surface area (Å²) in [5.74, 6) is 0.304. The van der Waals surface area contributed by atoms with E-state index >= 15 is 0 Å². The standard InChI is InChI=1S/C13H16N4O2S/c1-17-6-10(5-15-17)13-16-11(8-20-13)12(18)14-4-9-2-3-19-7-9/h5-6,8-9H,2-4,7H2,1H3,(H,14,18). The molecule has 1 unspecified atom stereocenters. The van der Waals surface area contributed by atoms with Crippen LogP contribution in [0.4, 0.5) is 0 Å². The molecule has 1 fully saturated rings. The predicted octanol–water partition coefficient (Wildman–Crippen LogP) is 1.31. The van der Waals surface area contributed by atoms with Gasteiger partial charge in [0.05, 0.1) is 12.8 Å². The molecule has 1 amide bonds. The first-order valence-electron chi connectivity index (χ1n) is 6.53. The third kappa shape index (κ3) is 2.88. The number of aromatic nitrogens is 3. The highest BCUT2D eigenvalue weighted by molar-refractivity contribution is 7.13. The van der Waals surface area contributed by atoms with E-state index in [0.717, 1.165) is 30.2 Å². The van der Waals surface area contributed by atoms with Gasteiger partial charge in [0, 0.05) is 43.3 Å². The lowest BCUT2D eigenvalue weighted by molar-refractivity contribution is 0.0941. The van der Waals surface area contributed by atoms with Crippen molar-refractivity contribution in [2.75, 3.05) is 19.8 Å². The first-order chi connectivity index (χ1) is 9.72. The zero-order valence-corrected chi connectivity index (χ0v) is 12.0. The van der Waals surface area contributed by atoms with E-state index in [9.17, 15) is 4.79 Å². The van der Waals surface area contributed by atoms with E-state index in [4.69, 9.17) is 4.74 Å². The maximum absolute atomic E-state index is 12.0. The molecule has 0 radical (unpaired) electrons. The fourth-order valence-corrected chi connectivity index (χ4v) is 2.89. The Labute approximate surface area is 120 Å². The topological polar surface area (TPSA) is 69.0 Å². The molecule has 2 aromatic rings. The molecule has 1 saturated heterocycles. The third-order valence-corrected chi connectivity index (χ3v) is 4.16. The lowest BCUT2D eigenvalue weighted by Gasteiger charge is -2.07. The van der Waals surface area contributed by atoms with Crippen molar-refractivity contribution in [3.8, 4) is 10.6 Å². The molecule has 1 N–H and O–H groups in total. The molecule has 20 heavy (non-hydrogen) atoms. The normalized spacial score (nSPS) is 18.4. The summed E-state index contributed by atoms with van der Waals surface area (Å²) in [7, 11) is 1.86. The second-order valence-electron chi connectivity index (χ2n) is 4.88. The van der Waals surface area contributed by atoms with Crippen LogP contribution in [0.3, 0.4) is 0 Å². The highest BCUT2D eigenvalue weighted by Crippen LogP contribution is 2.22. The van der Waals surface area contributed by atoms with E-state index in [-0.39, 0.29) is 5.91 Å². The van der Waals surface area contributed by atoms with Crippen molar-refractivity contribution < 1.29 is 9.53 Å². The molecule has 106 valence electrons. The highest BCUT2D eigenvalue weighted by Gasteiger charge is 2.18. The zero-order chi connectivity index (χ0) is 13.9. The van der Waals surface area contributed by atoms with E-state index < -0.39 is 0 Å². The molecular formula is C13H16N4O2S. The summed E-state index contributed by atoms with van der Waals surface area (Å²) in [5, 5.41) is 9.61. The van der Waals surface area contributed by atoms with E-state index in [1.165, 1.54) is 11.3 Å². The molecule has 1 aliphatic heterocycles. The van der Waals surface area contributed by atoms with Crippen LogP contribution in [0.25, 0.3) is 10.6 Å². The van der Waals surface area contributed by atoms with Crippen LogP contribution in [0.15, 0.2) is 17.8 Å². The van der Waals surface area contributed by atoms with Gasteiger partial charge < -0.3 is 10.1 Å². The minimum Gasteiger partial charge on any atom is -0.381 e. The number of carbonyl (C=O) groups is 1. The Morgan fingerprint density at radius 2 is 2.55 bits per heavy atom. The summed E-state index contributed by atoms with van der Waals surface area (Å²) in [6.07, 6.45) is 4.64. The summed E-state index contributed by atoms with van der Waals surface area (Å²) < 4.78 is 7.00. The Kier molecular flexibility index (Phi) is 3.79. The molecule has 0 saturated carbocycles. The zero-order valence-electron chi connectivity index (χ0n) is 11.2. The van der Waals surface area contributed by atoms with Crippen LogP contribution in [0.1, 0.15) is 16.9 Å². The molecule has 2 aromatic heterocycles. The van der Waals surface area contributed by atoms with Crippen LogP contribution in [0, 0.1) is 5.92 Å². The van der Waals surface area contributed by atoms with Crippen molar-refractivity contribution >= 4 is 17.2 Å². The van der Waals surface area contributed by atoms with Crippen molar-refractivity contribution in [1.29, 1.82) is 0 Å². The molecule has 0 bridgehead atoms. The summed E-state index contributed by atoms with van der Waals surface area (Å²) in [6.45, 7) is 2.18. The quantitative estimate of drug-likeness (QED) is 0.922. The largest absolute Gasteiger partial charge is 0.381 e. The van der Waals surface area contributed by atoms with Gasteiger partial charge in [-0.2, -0.15) is 5.10 Å². The Hall–Kier alpha value is -1.73. The van der Waals surface area contributed by atoms with Crippen LogP contribution in [-0.2, 0) is 11.8 Å². The Morgan fingerprint density at radius 1 is 1.65 bits per heavy atom. The average molecular weight is 292 g/mol. The molecule has 3 heterocycles. The maximum atomic E-state index is 12.0. The van der Waals surface area contributed by atoms with Crippen molar-refractivity contribution in [3.63, 3.8) is 0 Å². The van der Waals surface area contributed by atoms with Gasteiger partial charge in [-0.1, -0.05) is 0 Å². The number of amides is 1. The lowest BCUT2D eigenvalue weighted by Crippen LogP contribution is -2.29. The second kappa shape index (κ2) is 5.72. The van der Waals surface area contributed by atoms with Gasteiger partial charge in [-0.15, -0.1) is 11.3 Å². The van der Waals surface area contributed by atoms with Crippen molar-refractivity contribution in [2.45, 2.75) is 6.42 Å². The first kappa shape index (κ1) is 13.3. The lowest BCUT2D eigenvalue weighted by atomic mass is 10.1. The van der Waals surface area contributed by atoms with E-state index in [1.54, 1.807) is 16.3 Å². The van der Waals surface area contributed by atoms with E-state index in [0.29, 0.717) is 18.2 Å². The molecule has 7 heteroatoms. The van der Waals surface area contributed by atoms with Gasteiger partial charge in [-0.25, -0.2) is 4.98 Å². The molecule has 0 aliphatic carbocycles. The van der Waals surface area contributed by atoms with Crippen LogP contribution >= 0.6 is 11.3 Å². The molecule has 0 aromatic carbocycles. The predicted molar refractivity (Wildman–Crippen MR) is 75.6 cm³/mol. The average Bonchev–Trinajstić information content (AvgIpc) is 3.16. The minimum atomic E-state index is -0.122. The Morgan fingerprint density at radius 3 is 3.25 bits per heavy atom. The number of nitrogens with zero attached hydrogens (tertiary/aromatic N) is 3. The number of hydrogen-bond acceptors (Lipinski definition) is 5. The van der Waals surface area contributed by atoms with Crippen molar-refractivity contribution in [3.05, 3.63) is 23.5 Å². The maximum Gasteiger partial charge on any atom is 0.270 e. The molecule has 1 atom stereocenters. The van der Waals surface area contributed by atoms with Crippen LogP contribution in [-0.4, -0.2) is 40.4 Å². The SMILES string of the molecule is Cn1cc(-c2nc(C(=O)NCC3CCOC3)cs2)cn1. The van der Waals surface area contributed by atoms with E-state index in [2.05, 4.69) is 15.4 Å². The summed E-state index contributed by atoms with van der Waals surface area (Å²) in [4.78, 5) is 16.4. The number of rotatable bonds is 4. The number of ether oxygens (including phenoxy) is 1. The number of carbonyl (C=O) groups excluding carboxylic acids is 1. The minimum absolute atomic E-state index is 0.122. The van der Waals surface area contributed by atoms with Gasteiger partial charge in [0.15, 0.2) is 0 Å². The van der Waals surface area contributed by atoms with Crippen molar-refractivity contribution in [2.24, 2.45) is 13.0 Å². The van der Waals surface area contributed by atoms with Crippen LogP contribution < -0.4 is 5.32 Å². The monoisotopic (exact) mass is 292 g/mol. The second-order valence-corrected chi connectivity index (χ2v) is 5.74. The van der Waals surface area contributed by atoms with Gasteiger partial charge in [-0.3, -0.25) is 9.48 Å². The molecule has 3 rings (SSSR count). The van der Waals surface area contributed by atoms with Crippen LogP contribution in [0.2, 0.25) is 0 Å². The molecule has 0 spiro atoms. The van der Waals surface area contributed by atoms with Crippen molar-refractivity contribution in [1.82, 2.24) is 20.1 Å². The smallest absolute Gasteiger partial charge is 0.270 e.